The van der Waals surface area contributed by atoms with Crippen LogP contribution in [0.5, 0.6) is 0 Å². The van der Waals surface area contributed by atoms with Crippen LogP contribution in [0.2, 0.25) is 0 Å². The molecule has 1 amide bonds. The molecule has 16 heavy (non-hydrogen) atoms. The third-order valence-electron chi connectivity index (χ3n) is 3.92. The van der Waals surface area contributed by atoms with Gasteiger partial charge in [0.05, 0.1) is 0 Å². The minimum absolute atomic E-state index is 0.155. The largest absolute Gasteiger partial charge is 0.339 e. The maximum Gasteiger partial charge on any atom is 0.226 e. The van der Waals surface area contributed by atoms with Gasteiger partial charge in [0.2, 0.25) is 5.91 Å². The molecule has 0 aromatic heterocycles. The molecule has 1 N–H and O–H groups in total. The highest BCUT2D eigenvalue weighted by molar-refractivity contribution is 5.79. The summed E-state index contributed by atoms with van der Waals surface area (Å²) in [6.07, 6.45) is 7.53. The number of hydrogen-bond acceptors (Lipinski definition) is 2. The predicted octanol–water partition coefficient (Wildman–Crippen LogP) is 1.78. The molecule has 1 saturated carbocycles. The molecule has 3 nitrogen and oxygen atoms in total. The first-order chi connectivity index (χ1) is 7.79. The topological polar surface area (TPSA) is 32.3 Å². The fraction of sp³-hybridized carbons (Fsp3) is 0.923. The van der Waals surface area contributed by atoms with Crippen LogP contribution in [0, 0.1) is 5.92 Å². The highest BCUT2D eigenvalue weighted by Gasteiger charge is 2.28. The standard InChI is InChI=1S/C13H24N2O/c1-11-10-14-8-5-9-15(13(11)16)12-6-3-2-4-7-12/h11-12,14H,2-10H2,1H3. The fourth-order valence-electron chi connectivity index (χ4n) is 2.93. The Kier molecular flexibility index (Phi) is 4.22. The molecule has 1 aliphatic heterocycles. The second kappa shape index (κ2) is 5.67. The monoisotopic (exact) mass is 224 g/mol. The van der Waals surface area contributed by atoms with Gasteiger partial charge in [0.15, 0.2) is 0 Å². The van der Waals surface area contributed by atoms with E-state index in [0.29, 0.717) is 11.9 Å². The van der Waals surface area contributed by atoms with E-state index in [9.17, 15) is 4.79 Å². The first-order valence-electron chi connectivity index (χ1n) is 6.80. The van der Waals surface area contributed by atoms with Crippen molar-refractivity contribution in [2.24, 2.45) is 5.92 Å². The minimum atomic E-state index is 0.155. The summed E-state index contributed by atoms with van der Waals surface area (Å²) in [4.78, 5) is 14.5. The number of carbonyl (C=O) groups excluding carboxylic acids is 1. The van der Waals surface area contributed by atoms with E-state index in [1.807, 2.05) is 0 Å². The Bertz CT molecular complexity index is 236. The zero-order chi connectivity index (χ0) is 11.4. The quantitative estimate of drug-likeness (QED) is 0.736. The Balaban J connectivity index is 2.00. The SMILES string of the molecule is CC1CNCCCN(C2CCCCC2)C1=O. The normalized spacial score (nSPS) is 29.9. The molecule has 0 aromatic rings. The summed E-state index contributed by atoms with van der Waals surface area (Å²) in [5.41, 5.74) is 0. The molecule has 0 radical (unpaired) electrons. The highest BCUT2D eigenvalue weighted by Crippen LogP contribution is 2.24. The van der Waals surface area contributed by atoms with E-state index in [-0.39, 0.29) is 5.92 Å². The molecule has 92 valence electrons. The van der Waals surface area contributed by atoms with Crippen molar-refractivity contribution in [2.75, 3.05) is 19.6 Å². The van der Waals surface area contributed by atoms with Gasteiger partial charge < -0.3 is 10.2 Å². The lowest BCUT2D eigenvalue weighted by atomic mass is 9.93. The maximum absolute atomic E-state index is 12.3. The first kappa shape index (κ1) is 11.9. The van der Waals surface area contributed by atoms with Gasteiger partial charge in [0.1, 0.15) is 0 Å². The summed E-state index contributed by atoms with van der Waals surface area (Å²) in [6.45, 7) is 4.92. The van der Waals surface area contributed by atoms with Gasteiger partial charge in [-0.15, -0.1) is 0 Å². The molecular formula is C13H24N2O. The molecular weight excluding hydrogens is 200 g/mol. The van der Waals surface area contributed by atoms with Crippen molar-refractivity contribution in [2.45, 2.75) is 51.5 Å². The lowest BCUT2D eigenvalue weighted by Crippen LogP contribution is -2.48. The Morgan fingerprint density at radius 2 is 1.94 bits per heavy atom. The lowest BCUT2D eigenvalue weighted by Gasteiger charge is -2.37. The van der Waals surface area contributed by atoms with Crippen LogP contribution in [0.25, 0.3) is 0 Å². The van der Waals surface area contributed by atoms with Crippen molar-refractivity contribution in [3.63, 3.8) is 0 Å². The van der Waals surface area contributed by atoms with Gasteiger partial charge in [0.25, 0.3) is 0 Å². The summed E-state index contributed by atoms with van der Waals surface area (Å²) < 4.78 is 0. The molecule has 2 rings (SSSR count). The second-order valence-electron chi connectivity index (χ2n) is 5.28. The van der Waals surface area contributed by atoms with E-state index in [0.717, 1.165) is 26.1 Å². The summed E-state index contributed by atoms with van der Waals surface area (Å²) in [7, 11) is 0. The highest BCUT2D eigenvalue weighted by atomic mass is 16.2. The van der Waals surface area contributed by atoms with Crippen LogP contribution in [0.1, 0.15) is 45.4 Å². The second-order valence-corrected chi connectivity index (χ2v) is 5.28. The van der Waals surface area contributed by atoms with Crippen molar-refractivity contribution < 1.29 is 4.79 Å². The van der Waals surface area contributed by atoms with E-state index in [4.69, 9.17) is 0 Å². The summed E-state index contributed by atoms with van der Waals surface area (Å²) in [6, 6.07) is 0.543. The summed E-state index contributed by atoms with van der Waals surface area (Å²) >= 11 is 0. The number of rotatable bonds is 1. The van der Waals surface area contributed by atoms with Gasteiger partial charge in [-0.1, -0.05) is 26.2 Å². The zero-order valence-electron chi connectivity index (χ0n) is 10.4. The van der Waals surface area contributed by atoms with E-state index in [2.05, 4.69) is 17.1 Å². The van der Waals surface area contributed by atoms with Crippen LogP contribution in [0.15, 0.2) is 0 Å². The Morgan fingerprint density at radius 1 is 1.19 bits per heavy atom. The Morgan fingerprint density at radius 3 is 2.69 bits per heavy atom. The minimum Gasteiger partial charge on any atom is -0.339 e. The molecule has 0 bridgehead atoms. The molecule has 1 saturated heterocycles. The van der Waals surface area contributed by atoms with Crippen LogP contribution in [-0.2, 0) is 4.79 Å². The van der Waals surface area contributed by atoms with Crippen molar-refractivity contribution in [3.05, 3.63) is 0 Å². The van der Waals surface area contributed by atoms with Crippen LogP contribution in [-0.4, -0.2) is 36.5 Å². The fourth-order valence-corrected chi connectivity index (χ4v) is 2.93. The van der Waals surface area contributed by atoms with Gasteiger partial charge in [-0.3, -0.25) is 4.79 Å². The van der Waals surface area contributed by atoms with Gasteiger partial charge in [-0.05, 0) is 25.8 Å². The van der Waals surface area contributed by atoms with Gasteiger partial charge in [-0.2, -0.15) is 0 Å². The van der Waals surface area contributed by atoms with Crippen molar-refractivity contribution >= 4 is 5.91 Å². The van der Waals surface area contributed by atoms with E-state index in [1.54, 1.807) is 0 Å². The van der Waals surface area contributed by atoms with Crippen LogP contribution >= 0.6 is 0 Å². The van der Waals surface area contributed by atoms with Crippen molar-refractivity contribution in [1.29, 1.82) is 0 Å². The van der Waals surface area contributed by atoms with E-state index < -0.39 is 0 Å². The average Bonchev–Trinajstić information content (AvgIpc) is 2.32. The molecule has 1 atom stereocenters. The van der Waals surface area contributed by atoms with Crippen LogP contribution in [0.3, 0.4) is 0 Å². The molecule has 2 fully saturated rings. The number of hydrogen-bond donors (Lipinski definition) is 1. The zero-order valence-corrected chi connectivity index (χ0v) is 10.4. The first-order valence-corrected chi connectivity index (χ1v) is 6.80. The van der Waals surface area contributed by atoms with Crippen LogP contribution in [0.4, 0.5) is 0 Å². The van der Waals surface area contributed by atoms with Gasteiger partial charge in [0, 0.05) is 25.0 Å². The number of nitrogens with zero attached hydrogens (tertiary/aromatic N) is 1. The van der Waals surface area contributed by atoms with E-state index >= 15 is 0 Å². The molecule has 1 unspecified atom stereocenters. The molecule has 2 aliphatic rings. The Labute approximate surface area is 98.6 Å². The predicted molar refractivity (Wildman–Crippen MR) is 65.2 cm³/mol. The molecule has 3 heteroatoms. The van der Waals surface area contributed by atoms with Crippen LogP contribution < -0.4 is 5.32 Å². The molecule has 0 spiro atoms. The maximum atomic E-state index is 12.3. The third kappa shape index (κ3) is 2.76. The molecule has 0 aromatic carbocycles. The summed E-state index contributed by atoms with van der Waals surface area (Å²) in [5, 5.41) is 3.34. The van der Waals surface area contributed by atoms with Crippen molar-refractivity contribution in [1.82, 2.24) is 10.2 Å². The van der Waals surface area contributed by atoms with E-state index in [1.165, 1.54) is 32.1 Å². The number of carbonyl (C=O) groups is 1. The molecule has 1 heterocycles. The third-order valence-corrected chi connectivity index (χ3v) is 3.92. The van der Waals surface area contributed by atoms with Gasteiger partial charge >= 0.3 is 0 Å². The average molecular weight is 224 g/mol. The number of nitrogens with one attached hydrogen (secondary N) is 1. The molecule has 1 aliphatic carbocycles. The number of amides is 1. The summed E-state index contributed by atoms with van der Waals surface area (Å²) in [5.74, 6) is 0.529. The lowest BCUT2D eigenvalue weighted by molar-refractivity contribution is -0.138. The smallest absolute Gasteiger partial charge is 0.226 e. The van der Waals surface area contributed by atoms with Crippen molar-refractivity contribution in [3.8, 4) is 0 Å². The van der Waals surface area contributed by atoms with Gasteiger partial charge in [-0.25, -0.2) is 0 Å². The Hall–Kier alpha value is -0.570.